The monoisotopic (exact) mass is 731 g/mol. The highest BCUT2D eigenvalue weighted by atomic mass is 35.5. The van der Waals surface area contributed by atoms with Gasteiger partial charge in [0.25, 0.3) is 11.8 Å². The Morgan fingerprint density at radius 3 is 2.16 bits per heavy atom. The number of halogens is 1. The minimum atomic E-state index is -2.34. The Morgan fingerprint density at radius 1 is 1.00 bits per heavy atom. The van der Waals surface area contributed by atoms with Crippen LogP contribution in [0.5, 0.6) is 0 Å². The van der Waals surface area contributed by atoms with Crippen LogP contribution in [0.2, 0.25) is 4.47 Å². The van der Waals surface area contributed by atoms with Gasteiger partial charge in [0.2, 0.25) is 5.91 Å². The molecule has 14 nitrogen and oxygen atoms in total. The molecular weight excluding hydrogens is 702 g/mol. The van der Waals surface area contributed by atoms with Crippen molar-refractivity contribution < 1.29 is 43.1 Å². The van der Waals surface area contributed by atoms with E-state index in [1.165, 1.54) is 14.0 Å². The lowest BCUT2D eigenvalue weighted by molar-refractivity contribution is -0.272. The zero-order valence-corrected chi connectivity index (χ0v) is 28.7. The maximum Gasteiger partial charge on any atom is 0.376 e. The van der Waals surface area contributed by atoms with E-state index in [0.29, 0.717) is 21.8 Å². The number of cyclic esters (lactones) is 1. The number of hydrogen-bond donors (Lipinski definition) is 2. The lowest BCUT2D eigenvalue weighted by Gasteiger charge is -2.34. The summed E-state index contributed by atoms with van der Waals surface area (Å²) in [5, 5.41) is 9.75. The molecule has 3 atom stereocenters. The van der Waals surface area contributed by atoms with E-state index in [9.17, 15) is 24.0 Å². The van der Waals surface area contributed by atoms with Crippen LogP contribution in [0.15, 0.2) is 96.2 Å². The smallest absolute Gasteiger partial charge is 0.376 e. The Hall–Kier alpha value is -5.64. The molecule has 3 amide bonds. The van der Waals surface area contributed by atoms with Gasteiger partial charge in [-0.2, -0.15) is 5.06 Å². The number of rotatable bonds is 11. The normalized spacial score (nSPS) is 20.2. The van der Waals surface area contributed by atoms with Gasteiger partial charge in [0.1, 0.15) is 30.0 Å². The van der Waals surface area contributed by atoms with Crippen LogP contribution < -0.4 is 10.6 Å². The predicted octanol–water partition coefficient (Wildman–Crippen LogP) is 4.47. The summed E-state index contributed by atoms with van der Waals surface area (Å²) >= 11 is 7.00. The van der Waals surface area contributed by atoms with Crippen molar-refractivity contribution in [2.24, 2.45) is 5.16 Å². The second-order valence-electron chi connectivity index (χ2n) is 11.3. The first kappa shape index (κ1) is 35.2. The van der Waals surface area contributed by atoms with Crippen molar-refractivity contribution in [3.05, 3.63) is 118 Å². The molecule has 2 N–H and O–H groups in total. The van der Waals surface area contributed by atoms with E-state index in [4.69, 9.17) is 30.7 Å². The molecule has 2 fully saturated rings. The number of carbonyl (C=O) groups is 5. The number of hydrogen-bond acceptors (Lipinski definition) is 12. The van der Waals surface area contributed by atoms with Gasteiger partial charge in [-0.05, 0) is 16.7 Å². The molecule has 262 valence electrons. The minimum Gasteiger partial charge on any atom is -0.448 e. The zero-order valence-electron chi connectivity index (χ0n) is 27.1. The van der Waals surface area contributed by atoms with Crippen LogP contribution >= 0.6 is 22.9 Å². The molecule has 2 aliphatic rings. The molecule has 3 unspecified atom stereocenters. The van der Waals surface area contributed by atoms with Crippen LogP contribution in [0, 0.1) is 0 Å². The van der Waals surface area contributed by atoms with Gasteiger partial charge < -0.3 is 24.9 Å². The van der Waals surface area contributed by atoms with Crippen molar-refractivity contribution in [1.29, 1.82) is 0 Å². The van der Waals surface area contributed by atoms with E-state index < -0.39 is 59.3 Å². The molecule has 0 saturated carbocycles. The summed E-state index contributed by atoms with van der Waals surface area (Å²) in [6, 6.07) is 24.8. The summed E-state index contributed by atoms with van der Waals surface area (Å²) in [4.78, 5) is 82.4. The van der Waals surface area contributed by atoms with Gasteiger partial charge in [0.15, 0.2) is 16.3 Å². The Kier molecular flexibility index (Phi) is 10.4. The van der Waals surface area contributed by atoms with Gasteiger partial charge in [0, 0.05) is 13.3 Å². The summed E-state index contributed by atoms with van der Waals surface area (Å²) in [7, 11) is 1.19. The topological polar surface area (TPSA) is 175 Å². The average molecular weight is 732 g/mol. The summed E-state index contributed by atoms with van der Waals surface area (Å²) < 4.78 is 11.7. The third-order valence-electron chi connectivity index (χ3n) is 7.94. The Labute approximate surface area is 300 Å². The van der Waals surface area contributed by atoms with Crippen LogP contribution in [-0.2, 0) is 43.1 Å². The van der Waals surface area contributed by atoms with Gasteiger partial charge in [-0.25, -0.2) is 9.78 Å². The zero-order chi connectivity index (χ0) is 36.1. The van der Waals surface area contributed by atoms with Gasteiger partial charge in [-0.1, -0.05) is 119 Å². The highest BCUT2D eigenvalue weighted by Gasteiger charge is 2.62. The molecule has 0 radical (unpaired) electrons. The predicted molar refractivity (Wildman–Crippen MR) is 183 cm³/mol. The minimum absolute atomic E-state index is 0.00761. The Balaban J connectivity index is 1.36. The summed E-state index contributed by atoms with van der Waals surface area (Å²) in [6.45, 7) is 1.26. The number of benzene rings is 3. The summed E-state index contributed by atoms with van der Waals surface area (Å²) in [6.07, 6.45) is -2.67. The maximum absolute atomic E-state index is 14.4. The van der Waals surface area contributed by atoms with Gasteiger partial charge in [-0.15, -0.1) is 0 Å². The Bertz CT molecular complexity index is 1940. The van der Waals surface area contributed by atoms with Crippen molar-refractivity contribution in [2.75, 3.05) is 12.4 Å². The van der Waals surface area contributed by atoms with Crippen LogP contribution in [0.1, 0.15) is 54.4 Å². The molecule has 4 aromatic rings. The van der Waals surface area contributed by atoms with Gasteiger partial charge in [-0.3, -0.25) is 24.0 Å². The second kappa shape index (κ2) is 15.1. The number of esters is 2. The molecular formula is C35H30ClN5O9S. The fraction of sp³-hybridized carbons (Fsp3) is 0.229. The van der Waals surface area contributed by atoms with Crippen molar-refractivity contribution in [3.63, 3.8) is 0 Å². The number of oxime groups is 1. The van der Waals surface area contributed by atoms with E-state index in [1.54, 1.807) is 78.9 Å². The molecule has 0 bridgehead atoms. The number of hydroxylamine groups is 2. The number of amides is 3. The van der Waals surface area contributed by atoms with E-state index in [0.717, 1.165) is 11.3 Å². The van der Waals surface area contributed by atoms with E-state index >= 15 is 0 Å². The number of carbonyl (C=O) groups excluding carboxylic acids is 5. The van der Waals surface area contributed by atoms with Crippen molar-refractivity contribution >= 4 is 63.3 Å². The van der Waals surface area contributed by atoms with Crippen molar-refractivity contribution in [3.8, 4) is 0 Å². The molecule has 3 heterocycles. The second-order valence-corrected chi connectivity index (χ2v) is 12.9. The number of nitrogens with zero attached hydrogens (tertiary/aromatic N) is 3. The molecule has 0 spiro atoms. The van der Waals surface area contributed by atoms with Crippen LogP contribution in [0.25, 0.3) is 0 Å². The average Bonchev–Trinajstić information content (AvgIpc) is 3.81. The number of nitrogens with one attached hydrogen (secondary N) is 2. The quantitative estimate of drug-likeness (QED) is 0.127. The fourth-order valence-corrected chi connectivity index (χ4v) is 6.74. The Morgan fingerprint density at radius 2 is 1.61 bits per heavy atom. The molecule has 2 saturated heterocycles. The van der Waals surface area contributed by atoms with Crippen LogP contribution in [0.4, 0.5) is 5.00 Å². The fourth-order valence-electron chi connectivity index (χ4n) is 5.69. The first-order valence-corrected chi connectivity index (χ1v) is 16.8. The third kappa shape index (κ3) is 7.31. The lowest BCUT2D eigenvalue weighted by atomic mass is 10.0. The third-order valence-corrected chi connectivity index (χ3v) is 9.02. The first-order chi connectivity index (χ1) is 24.6. The molecule has 1 aromatic heterocycles. The van der Waals surface area contributed by atoms with E-state index in [1.807, 2.05) is 12.1 Å². The number of anilines is 1. The molecule has 51 heavy (non-hydrogen) atoms. The first-order valence-electron chi connectivity index (χ1n) is 15.6. The number of thiazole rings is 1. The van der Waals surface area contributed by atoms with Crippen molar-refractivity contribution in [2.45, 2.75) is 43.7 Å². The highest BCUT2D eigenvalue weighted by molar-refractivity contribution is 7.20. The molecule has 16 heteroatoms. The van der Waals surface area contributed by atoms with Crippen LogP contribution in [-0.4, -0.2) is 64.3 Å². The maximum atomic E-state index is 14.4. The van der Waals surface area contributed by atoms with Gasteiger partial charge >= 0.3 is 17.7 Å². The lowest BCUT2D eigenvalue weighted by Crippen LogP contribution is -2.57. The van der Waals surface area contributed by atoms with E-state index in [2.05, 4.69) is 20.8 Å². The molecule has 0 aliphatic carbocycles. The van der Waals surface area contributed by atoms with Gasteiger partial charge in [0.05, 0.1) is 6.42 Å². The van der Waals surface area contributed by atoms with Crippen molar-refractivity contribution in [1.82, 2.24) is 15.4 Å². The molecule has 6 rings (SSSR count). The standard InChI is InChI=1S/C35H30ClN5O9S/c1-20(42)37-31-26(39-34(36)51-31)25(40-47-2)30(44)38-27-29(23-16-10-5-11-17-23)50-41(32(27)45)35(19-18-24(43)49-35)33(46)48-28(21-12-6-3-7-13-21)22-14-8-4-9-15-22/h3-17,27-29H,18-19H2,1-2H3,(H,37,42)(H,38,44). The summed E-state index contributed by atoms with van der Waals surface area (Å²) in [5.41, 5.74) is -1.17. The van der Waals surface area contributed by atoms with E-state index in [-0.39, 0.29) is 28.0 Å². The molecule has 2 aliphatic heterocycles. The SMILES string of the molecule is CON=C(C(=O)NC1C(=O)N(C2(C(=O)OC(c3ccccc3)c3ccccc3)CCC(=O)O2)OC1c1ccccc1)c1nc(Cl)sc1NC(C)=O. The van der Waals surface area contributed by atoms with Crippen LogP contribution in [0.3, 0.4) is 0 Å². The highest BCUT2D eigenvalue weighted by Crippen LogP contribution is 2.42. The molecule has 3 aromatic carbocycles. The largest absolute Gasteiger partial charge is 0.448 e. The number of aromatic nitrogens is 1. The number of ether oxygens (including phenoxy) is 2. The summed E-state index contributed by atoms with van der Waals surface area (Å²) in [5.74, 6) is -4.16.